The third-order valence-electron chi connectivity index (χ3n) is 11.4. The van der Waals surface area contributed by atoms with Crippen molar-refractivity contribution in [1.82, 2.24) is 30.9 Å². The lowest BCUT2D eigenvalue weighted by Gasteiger charge is -2.23. The van der Waals surface area contributed by atoms with Gasteiger partial charge in [-0.2, -0.15) is 0 Å². The second-order valence-corrected chi connectivity index (χ2v) is 26.7. The number of amides is 4. The minimum absolute atomic E-state index is 0.0243. The first-order valence-corrected chi connectivity index (χ1v) is 30.5. The summed E-state index contributed by atoms with van der Waals surface area (Å²) < 4.78 is 46.6. The average Bonchev–Trinajstić information content (AvgIpc) is 3.88. The first-order valence-electron chi connectivity index (χ1n) is 28.6. The number of anilines is 1. The summed E-state index contributed by atoms with van der Waals surface area (Å²) >= 11 is 3.49. The van der Waals surface area contributed by atoms with Crippen molar-refractivity contribution < 1.29 is 61.9 Å². The normalized spacial score (nSPS) is 12.6. The maximum absolute atomic E-state index is 13.9. The van der Waals surface area contributed by atoms with Gasteiger partial charge in [0, 0.05) is 52.2 Å². The van der Waals surface area contributed by atoms with Crippen LogP contribution in [0.15, 0.2) is 48.1 Å². The van der Waals surface area contributed by atoms with E-state index in [1.807, 2.05) is 32.2 Å². The van der Waals surface area contributed by atoms with Crippen molar-refractivity contribution in [3.63, 3.8) is 0 Å². The van der Waals surface area contributed by atoms with Gasteiger partial charge in [0.2, 0.25) is 5.91 Å². The Morgan fingerprint density at radius 2 is 1.26 bits per heavy atom. The number of thioether (sulfide) groups is 2. The molecule has 0 saturated carbocycles. The van der Waals surface area contributed by atoms with E-state index in [-0.39, 0.29) is 65.1 Å². The summed E-state index contributed by atoms with van der Waals surface area (Å²) in [6.45, 7) is 35.4. The summed E-state index contributed by atoms with van der Waals surface area (Å²) in [5.74, 6) is -0.193. The molecule has 0 aliphatic rings. The lowest BCUT2D eigenvalue weighted by molar-refractivity contribution is -0.132. The second-order valence-electron chi connectivity index (χ2n) is 23.1. The van der Waals surface area contributed by atoms with E-state index in [0.29, 0.717) is 141 Å². The minimum Gasteiger partial charge on any atom is -0.475 e. The van der Waals surface area contributed by atoms with Crippen molar-refractivity contribution in [1.29, 1.82) is 0 Å². The Morgan fingerprint density at radius 1 is 0.732 bits per heavy atom. The van der Waals surface area contributed by atoms with Crippen LogP contribution in [0.5, 0.6) is 0 Å². The maximum atomic E-state index is 13.9. The topological polar surface area (TPSA) is 269 Å². The van der Waals surface area contributed by atoms with Gasteiger partial charge < -0.3 is 69.7 Å². The molecule has 24 heteroatoms. The summed E-state index contributed by atoms with van der Waals surface area (Å²) in [7, 11) is 0. The van der Waals surface area contributed by atoms with E-state index in [0.717, 1.165) is 24.3 Å². The molecule has 0 aliphatic heterocycles. The standard InChI is InChI=1S/C58H101N9O13S2/c1-44(2)36-51(63-53(69)41-80-65-50(42-81-57(7,8)9)43-82-58(10,11)12)52(68)37-47(14-13-20-60-55(59)71)54(70)62-48-17-15-46(16-18-48)40-79-45(3)61-38-49-39-67(66-64-49)21-23-73-25-27-75-29-31-77-33-35-78-34-32-76-30-28-74-26-24-72-22-19-56(4,5)6/h15-18,39,44,47,51,61H,3,13-14,19-38,40-43H2,1-2,4-12H3,(H,62,70)(H,63,69)(H3,59,60,71)/t47-,51+/m1/s1. The largest absolute Gasteiger partial charge is 0.475 e. The number of nitrogens with one attached hydrogen (secondary N) is 4. The number of ether oxygens (including phenoxy) is 8. The molecule has 468 valence electrons. The fourth-order valence-corrected chi connectivity index (χ4v) is 8.59. The molecule has 1 heterocycles. The molecule has 0 aliphatic carbocycles. The van der Waals surface area contributed by atoms with Crippen molar-refractivity contribution in [3.8, 4) is 0 Å². The number of oxime groups is 1. The van der Waals surface area contributed by atoms with Crippen LogP contribution in [0, 0.1) is 17.3 Å². The molecule has 0 bridgehead atoms. The van der Waals surface area contributed by atoms with Crippen LogP contribution in [0.3, 0.4) is 0 Å². The van der Waals surface area contributed by atoms with Gasteiger partial charge in [-0.05, 0) is 61.3 Å². The zero-order valence-electron chi connectivity index (χ0n) is 51.2. The van der Waals surface area contributed by atoms with Gasteiger partial charge in [0.15, 0.2) is 18.3 Å². The Morgan fingerprint density at radius 3 is 1.76 bits per heavy atom. The number of hydrogen-bond acceptors (Lipinski definition) is 19. The molecular weight excluding hydrogens is 1090 g/mol. The number of carbonyl (C=O) groups is 4. The number of primary amides is 1. The van der Waals surface area contributed by atoms with E-state index >= 15 is 0 Å². The molecule has 0 fully saturated rings. The number of rotatable bonds is 48. The molecule has 6 N–H and O–H groups in total. The fourth-order valence-electron chi connectivity index (χ4n) is 6.95. The van der Waals surface area contributed by atoms with Crippen molar-refractivity contribution in [2.75, 3.05) is 122 Å². The number of aromatic nitrogens is 3. The van der Waals surface area contributed by atoms with Crippen LogP contribution in [0.2, 0.25) is 0 Å². The summed E-state index contributed by atoms with van der Waals surface area (Å²) in [6, 6.07) is 5.59. The molecular formula is C58H101N9O13S2. The lowest BCUT2D eigenvalue weighted by atomic mass is 9.90. The first kappa shape index (κ1) is 73.6. The Bertz CT molecular complexity index is 2090. The number of ketones is 1. The predicted octanol–water partition coefficient (Wildman–Crippen LogP) is 7.54. The highest BCUT2D eigenvalue weighted by Crippen LogP contribution is 2.27. The van der Waals surface area contributed by atoms with Crippen LogP contribution in [0.25, 0.3) is 0 Å². The van der Waals surface area contributed by atoms with Crippen LogP contribution in [0.1, 0.15) is 120 Å². The lowest BCUT2D eigenvalue weighted by Crippen LogP contribution is -2.44. The fraction of sp³-hybridized carbons (Fsp3) is 0.741. The van der Waals surface area contributed by atoms with Crippen LogP contribution < -0.4 is 27.0 Å². The van der Waals surface area contributed by atoms with E-state index in [2.05, 4.69) is 106 Å². The maximum Gasteiger partial charge on any atom is 0.312 e. The van der Waals surface area contributed by atoms with E-state index in [1.54, 1.807) is 40.3 Å². The summed E-state index contributed by atoms with van der Waals surface area (Å²) in [6.07, 6.45) is 3.75. The SMILES string of the molecule is C=C(NCc1cn(CCOCCOCCOCCOCCOCCOCCOCCC(C)(C)C)nn1)OCc1ccc(NC(=O)[C@H](CCCNC(N)=O)CC(=O)[C@H](CC(C)C)NC(=O)CON=C(CSC(C)(C)C)CSC(C)(C)C)cc1. The molecule has 2 aromatic rings. The van der Waals surface area contributed by atoms with Gasteiger partial charge in [0.05, 0.1) is 117 Å². The monoisotopic (exact) mass is 1200 g/mol. The summed E-state index contributed by atoms with van der Waals surface area (Å²) in [4.78, 5) is 57.8. The Balaban J connectivity index is 1.69. The number of hydrogen-bond donors (Lipinski definition) is 5. The highest BCUT2D eigenvalue weighted by molar-refractivity contribution is 8.02. The molecule has 0 radical (unpaired) electrons. The van der Waals surface area contributed by atoms with Crippen LogP contribution in [-0.2, 0) is 76.8 Å². The van der Waals surface area contributed by atoms with Crippen molar-refractivity contribution in [2.45, 2.75) is 143 Å². The molecule has 0 saturated heterocycles. The summed E-state index contributed by atoms with van der Waals surface area (Å²) in [5, 5.41) is 24.1. The zero-order chi connectivity index (χ0) is 60.7. The molecule has 2 atom stereocenters. The predicted molar refractivity (Wildman–Crippen MR) is 325 cm³/mol. The first-order chi connectivity index (χ1) is 38.9. The van der Waals surface area contributed by atoms with E-state index in [4.69, 9.17) is 48.5 Å². The highest BCUT2D eigenvalue weighted by atomic mass is 32.2. The number of urea groups is 1. The molecule has 2 rings (SSSR count). The Hall–Kier alpha value is -4.53. The third kappa shape index (κ3) is 41.5. The van der Waals surface area contributed by atoms with Gasteiger partial charge in [-0.15, -0.1) is 28.6 Å². The van der Waals surface area contributed by atoms with Gasteiger partial charge in [0.25, 0.3) is 5.91 Å². The zero-order valence-corrected chi connectivity index (χ0v) is 52.8. The minimum atomic E-state index is -0.850. The molecule has 1 aromatic carbocycles. The van der Waals surface area contributed by atoms with Gasteiger partial charge in [-0.1, -0.05) is 98.7 Å². The van der Waals surface area contributed by atoms with Gasteiger partial charge >= 0.3 is 6.03 Å². The highest BCUT2D eigenvalue weighted by Gasteiger charge is 2.29. The van der Waals surface area contributed by atoms with Crippen molar-refractivity contribution in [2.24, 2.45) is 28.1 Å². The average molecular weight is 1200 g/mol. The van der Waals surface area contributed by atoms with Crippen LogP contribution in [0.4, 0.5) is 10.5 Å². The van der Waals surface area contributed by atoms with Crippen LogP contribution >= 0.6 is 23.5 Å². The Kier molecular flexibility index (Phi) is 38.0. The van der Waals surface area contributed by atoms with Crippen molar-refractivity contribution in [3.05, 3.63) is 54.2 Å². The van der Waals surface area contributed by atoms with Crippen molar-refractivity contribution >= 4 is 58.6 Å². The second kappa shape index (κ2) is 42.3. The number of Topliss-reactive ketones (excluding diaryl/α,β-unsaturated/α-hetero) is 1. The summed E-state index contributed by atoms with van der Waals surface area (Å²) in [5.41, 5.74) is 8.41. The molecule has 1 aromatic heterocycles. The van der Waals surface area contributed by atoms with Crippen LogP contribution in [-0.4, -0.2) is 177 Å². The molecule has 0 spiro atoms. The molecule has 82 heavy (non-hydrogen) atoms. The van der Waals surface area contributed by atoms with Gasteiger partial charge in [-0.3, -0.25) is 14.4 Å². The van der Waals surface area contributed by atoms with E-state index in [1.165, 1.54) is 0 Å². The Labute approximate surface area is 497 Å². The molecule has 22 nitrogen and oxygen atoms in total. The number of nitrogens with zero attached hydrogens (tertiary/aromatic N) is 4. The van der Waals surface area contributed by atoms with E-state index < -0.39 is 23.9 Å². The third-order valence-corrected chi connectivity index (χ3v) is 14.1. The van der Waals surface area contributed by atoms with Gasteiger partial charge in [-0.25, -0.2) is 9.48 Å². The number of benzene rings is 1. The number of nitrogens with two attached hydrogens (primary N) is 1. The van der Waals surface area contributed by atoms with E-state index in [9.17, 15) is 19.2 Å². The number of carbonyl (C=O) groups excluding carboxylic acids is 4. The van der Waals surface area contributed by atoms with Gasteiger partial charge in [0.1, 0.15) is 12.3 Å². The smallest absolute Gasteiger partial charge is 0.312 e. The molecule has 4 amide bonds. The quantitative estimate of drug-likeness (QED) is 0.0185. The molecule has 0 unspecified atom stereocenters.